The standard InChI is InChI=1S/C25H29FN2O5S/c1-25(2,31)16-28(34(32,33)19-9-6-17(26)7-10-19)18-8-11-20-21(15-18)22-5-3-4-14-27(22)23(20)12-13-24(29)30/h3-7,9-10,14,18,31H,8,11-13,15-16H2,1-2H3,(H,29,30). The second-order valence-electron chi connectivity index (χ2n) is 9.47. The molecular weight excluding hydrogens is 459 g/mol. The van der Waals surface area contributed by atoms with Crippen LogP contribution in [0.3, 0.4) is 0 Å². The normalized spacial score (nSPS) is 16.7. The number of carbonyl (C=O) groups is 1. The smallest absolute Gasteiger partial charge is 0.303 e. The lowest BCUT2D eigenvalue weighted by Crippen LogP contribution is -2.49. The lowest BCUT2D eigenvalue weighted by atomic mass is 9.88. The highest BCUT2D eigenvalue weighted by molar-refractivity contribution is 7.89. The average molecular weight is 489 g/mol. The van der Waals surface area contributed by atoms with Crippen LogP contribution in [0.5, 0.6) is 0 Å². The highest BCUT2D eigenvalue weighted by Gasteiger charge is 2.38. The van der Waals surface area contributed by atoms with Crippen LogP contribution in [-0.2, 0) is 34.1 Å². The zero-order valence-corrected chi connectivity index (χ0v) is 20.1. The van der Waals surface area contributed by atoms with Gasteiger partial charge in [-0.15, -0.1) is 0 Å². The number of carboxylic acid groups (broad SMARTS) is 1. The number of carboxylic acids is 1. The molecule has 1 atom stereocenters. The summed E-state index contributed by atoms with van der Waals surface area (Å²) in [5, 5.41) is 19.7. The Balaban J connectivity index is 1.75. The monoisotopic (exact) mass is 488 g/mol. The van der Waals surface area contributed by atoms with E-state index in [1.54, 1.807) is 13.8 Å². The molecular formula is C25H29FN2O5S. The minimum absolute atomic E-state index is 0.0145. The Morgan fingerprint density at radius 3 is 2.53 bits per heavy atom. The molecule has 0 amide bonds. The first-order valence-corrected chi connectivity index (χ1v) is 12.7. The summed E-state index contributed by atoms with van der Waals surface area (Å²) in [7, 11) is -4.00. The van der Waals surface area contributed by atoms with E-state index in [-0.39, 0.29) is 17.9 Å². The number of aliphatic hydroxyl groups is 1. The summed E-state index contributed by atoms with van der Waals surface area (Å²) in [6, 6.07) is 10.1. The number of hydrogen-bond acceptors (Lipinski definition) is 4. The maximum atomic E-state index is 13.6. The summed E-state index contributed by atoms with van der Waals surface area (Å²) in [4.78, 5) is 11.2. The molecule has 1 aliphatic rings. The largest absolute Gasteiger partial charge is 0.481 e. The molecule has 0 fully saturated rings. The Labute approximate surface area is 198 Å². The fourth-order valence-electron chi connectivity index (χ4n) is 4.85. The van der Waals surface area contributed by atoms with Crippen LogP contribution in [0.4, 0.5) is 4.39 Å². The van der Waals surface area contributed by atoms with E-state index in [1.165, 1.54) is 16.4 Å². The molecule has 7 nitrogen and oxygen atoms in total. The maximum Gasteiger partial charge on any atom is 0.303 e. The van der Waals surface area contributed by atoms with Crippen LogP contribution in [0.25, 0.3) is 5.52 Å². The van der Waals surface area contributed by atoms with Crippen LogP contribution in [0, 0.1) is 5.82 Å². The van der Waals surface area contributed by atoms with Gasteiger partial charge in [0.1, 0.15) is 5.82 Å². The number of nitrogens with zero attached hydrogens (tertiary/aromatic N) is 2. The Morgan fingerprint density at radius 1 is 1.18 bits per heavy atom. The number of pyridine rings is 1. The van der Waals surface area contributed by atoms with E-state index < -0.39 is 33.5 Å². The zero-order valence-electron chi connectivity index (χ0n) is 19.2. The van der Waals surface area contributed by atoms with Gasteiger partial charge in [-0.2, -0.15) is 4.31 Å². The quantitative estimate of drug-likeness (QED) is 0.506. The summed E-state index contributed by atoms with van der Waals surface area (Å²) >= 11 is 0. The lowest BCUT2D eigenvalue weighted by molar-refractivity contribution is -0.136. The van der Waals surface area contributed by atoms with Crippen molar-refractivity contribution in [1.82, 2.24) is 8.71 Å². The van der Waals surface area contributed by atoms with Crippen molar-refractivity contribution >= 4 is 21.5 Å². The summed E-state index contributed by atoms with van der Waals surface area (Å²) in [6.45, 7) is 3.02. The van der Waals surface area contributed by atoms with Crippen molar-refractivity contribution in [3.05, 3.63) is 71.3 Å². The van der Waals surface area contributed by atoms with Crippen molar-refractivity contribution in [1.29, 1.82) is 0 Å². The molecule has 2 aromatic heterocycles. The van der Waals surface area contributed by atoms with Gasteiger partial charge >= 0.3 is 5.97 Å². The molecule has 0 saturated carbocycles. The third-order valence-electron chi connectivity index (χ3n) is 6.29. The summed E-state index contributed by atoms with van der Waals surface area (Å²) in [6.07, 6.45) is 3.87. The Kier molecular flexibility index (Phi) is 6.54. The van der Waals surface area contributed by atoms with E-state index in [9.17, 15) is 27.8 Å². The molecule has 4 rings (SSSR count). The van der Waals surface area contributed by atoms with E-state index in [4.69, 9.17) is 0 Å². The van der Waals surface area contributed by atoms with E-state index in [1.807, 2.05) is 28.8 Å². The molecule has 1 aliphatic carbocycles. The third kappa shape index (κ3) is 4.87. The van der Waals surface area contributed by atoms with Crippen LogP contribution >= 0.6 is 0 Å². The number of sulfonamides is 1. The van der Waals surface area contributed by atoms with E-state index in [0.717, 1.165) is 34.5 Å². The fraction of sp³-hybridized carbons (Fsp3) is 0.400. The topological polar surface area (TPSA) is 99.3 Å². The molecule has 9 heteroatoms. The number of rotatable bonds is 8. The zero-order chi connectivity index (χ0) is 24.7. The molecule has 0 aliphatic heterocycles. The van der Waals surface area contributed by atoms with Crippen LogP contribution in [0.1, 0.15) is 43.5 Å². The number of halogens is 1. The first kappa shape index (κ1) is 24.4. The van der Waals surface area contributed by atoms with Crippen LogP contribution in [0.15, 0.2) is 53.6 Å². The van der Waals surface area contributed by atoms with Crippen molar-refractivity contribution in [3.63, 3.8) is 0 Å². The van der Waals surface area contributed by atoms with E-state index in [0.29, 0.717) is 25.7 Å². The number of aliphatic carboxylic acids is 1. The number of aromatic nitrogens is 1. The fourth-order valence-corrected chi connectivity index (χ4v) is 6.66. The molecule has 0 bridgehead atoms. The Bertz CT molecular complexity index is 1310. The highest BCUT2D eigenvalue weighted by atomic mass is 32.2. The summed E-state index contributed by atoms with van der Waals surface area (Å²) < 4.78 is 44.0. The van der Waals surface area contributed by atoms with Crippen LogP contribution in [0.2, 0.25) is 0 Å². The average Bonchev–Trinajstić information content (AvgIpc) is 3.08. The number of aryl methyl sites for hydroxylation is 1. The molecule has 34 heavy (non-hydrogen) atoms. The Hall–Kier alpha value is -2.75. The minimum Gasteiger partial charge on any atom is -0.481 e. The van der Waals surface area contributed by atoms with Crippen molar-refractivity contribution in [2.45, 2.75) is 62.5 Å². The number of hydrogen-bond donors (Lipinski definition) is 2. The second-order valence-corrected chi connectivity index (χ2v) is 11.4. The van der Waals surface area contributed by atoms with Gasteiger partial charge in [0.25, 0.3) is 0 Å². The molecule has 0 spiro atoms. The van der Waals surface area contributed by atoms with Gasteiger partial charge in [0, 0.05) is 30.0 Å². The molecule has 2 heterocycles. The Morgan fingerprint density at radius 2 is 1.88 bits per heavy atom. The van der Waals surface area contributed by atoms with E-state index in [2.05, 4.69) is 0 Å². The number of benzene rings is 1. The van der Waals surface area contributed by atoms with Crippen molar-refractivity contribution in [2.75, 3.05) is 6.54 Å². The van der Waals surface area contributed by atoms with E-state index >= 15 is 0 Å². The first-order valence-electron chi connectivity index (χ1n) is 11.3. The van der Waals surface area contributed by atoms with Gasteiger partial charge in [0.05, 0.1) is 16.9 Å². The van der Waals surface area contributed by atoms with Crippen molar-refractivity contribution < 1.29 is 27.8 Å². The van der Waals surface area contributed by atoms with Gasteiger partial charge in [0.2, 0.25) is 10.0 Å². The predicted octanol–water partition coefficient (Wildman–Crippen LogP) is 3.41. The predicted molar refractivity (Wildman–Crippen MR) is 126 cm³/mol. The van der Waals surface area contributed by atoms with Gasteiger partial charge < -0.3 is 14.6 Å². The SMILES string of the molecule is CC(C)(O)CN(C1CCc2c(c3ccccn3c2CCC(=O)O)C1)S(=O)(=O)c1ccc(F)cc1. The summed E-state index contributed by atoms with van der Waals surface area (Å²) in [5.74, 6) is -1.39. The van der Waals surface area contributed by atoms with Crippen LogP contribution in [-0.4, -0.2) is 51.5 Å². The lowest BCUT2D eigenvalue weighted by Gasteiger charge is -2.37. The minimum atomic E-state index is -4.00. The second kappa shape index (κ2) is 9.13. The third-order valence-corrected chi connectivity index (χ3v) is 8.20. The van der Waals surface area contributed by atoms with Gasteiger partial charge in [0.15, 0.2) is 0 Å². The van der Waals surface area contributed by atoms with Gasteiger partial charge in [-0.05, 0) is 87.1 Å². The van der Waals surface area contributed by atoms with Gasteiger partial charge in [-0.25, -0.2) is 12.8 Å². The number of fused-ring (bicyclic) bond motifs is 3. The van der Waals surface area contributed by atoms with Crippen LogP contribution < -0.4 is 0 Å². The molecule has 0 saturated heterocycles. The van der Waals surface area contributed by atoms with Crippen molar-refractivity contribution in [3.8, 4) is 0 Å². The van der Waals surface area contributed by atoms with Crippen molar-refractivity contribution in [2.24, 2.45) is 0 Å². The molecule has 3 aromatic rings. The first-order chi connectivity index (χ1) is 16.0. The molecule has 0 radical (unpaired) electrons. The van der Waals surface area contributed by atoms with Gasteiger partial charge in [-0.3, -0.25) is 4.79 Å². The molecule has 1 unspecified atom stereocenters. The summed E-state index contributed by atoms with van der Waals surface area (Å²) in [5.41, 5.74) is 2.69. The maximum absolute atomic E-state index is 13.6. The highest BCUT2D eigenvalue weighted by Crippen LogP contribution is 2.35. The molecule has 1 aromatic carbocycles. The molecule has 2 N–H and O–H groups in total. The van der Waals surface area contributed by atoms with Gasteiger partial charge in [-0.1, -0.05) is 6.07 Å². The molecule has 182 valence electrons.